The van der Waals surface area contributed by atoms with Crippen LogP contribution in [0.15, 0.2) is 30.6 Å². The molecule has 0 saturated carbocycles. The van der Waals surface area contributed by atoms with Crippen LogP contribution in [0.4, 0.5) is 0 Å². The van der Waals surface area contributed by atoms with Crippen molar-refractivity contribution >= 4 is 44.3 Å². The van der Waals surface area contributed by atoms with E-state index in [0.717, 1.165) is 12.1 Å². The van der Waals surface area contributed by atoms with Gasteiger partial charge in [0.05, 0.1) is 10.8 Å². The fourth-order valence-electron chi connectivity index (χ4n) is 6.07. The standard InChI is InChI=1S/C34H26O16/c1-7(2)21(37)9-5-11(35)23(39)25(41)13(9)15-19-17-18-20(34(48)50-31(17)29(45)27(15)43)16(28(44)30(46)32(18)49-33(19)47)14-10(22(38)8(3)4)6-12(36)24(40)26(14)42/h5-8,35-36,39-46H,1-4H3. The molecule has 0 aliphatic heterocycles. The lowest BCUT2D eigenvalue weighted by Gasteiger charge is -2.21. The van der Waals surface area contributed by atoms with Crippen molar-refractivity contribution in [2.45, 2.75) is 27.7 Å². The van der Waals surface area contributed by atoms with Crippen molar-refractivity contribution in [3.05, 3.63) is 44.1 Å². The number of phenolic OH excluding ortho intramolecular Hbond substituents is 10. The number of carbonyl (C=O) groups is 2. The Labute approximate surface area is 277 Å². The average Bonchev–Trinajstić information content (AvgIpc) is 3.06. The molecule has 0 spiro atoms. The quantitative estimate of drug-likeness (QED) is 0.0496. The van der Waals surface area contributed by atoms with Crippen molar-refractivity contribution in [2.75, 3.05) is 0 Å². The molecule has 2 aromatic heterocycles. The lowest BCUT2D eigenvalue weighted by atomic mass is 9.85. The zero-order valence-corrected chi connectivity index (χ0v) is 26.2. The van der Waals surface area contributed by atoms with E-state index in [1.54, 1.807) is 0 Å². The first kappa shape index (κ1) is 33.1. The Morgan fingerprint density at radius 3 is 1.06 bits per heavy atom. The van der Waals surface area contributed by atoms with Gasteiger partial charge in [-0.15, -0.1) is 0 Å². The van der Waals surface area contributed by atoms with Gasteiger partial charge in [0.15, 0.2) is 57.2 Å². The molecule has 0 radical (unpaired) electrons. The van der Waals surface area contributed by atoms with Gasteiger partial charge in [0.2, 0.25) is 23.0 Å². The van der Waals surface area contributed by atoms with Crippen LogP contribution in [0.25, 0.3) is 55.0 Å². The summed E-state index contributed by atoms with van der Waals surface area (Å²) >= 11 is 0. The van der Waals surface area contributed by atoms with E-state index in [1.165, 1.54) is 27.7 Å². The Hall–Kier alpha value is -6.84. The van der Waals surface area contributed by atoms with Crippen molar-refractivity contribution in [3.63, 3.8) is 0 Å². The van der Waals surface area contributed by atoms with Gasteiger partial charge < -0.3 is 59.9 Å². The summed E-state index contributed by atoms with van der Waals surface area (Å²) in [6, 6.07) is 1.47. The second kappa shape index (κ2) is 10.8. The number of ketones is 2. The third-order valence-corrected chi connectivity index (χ3v) is 8.44. The highest BCUT2D eigenvalue weighted by molar-refractivity contribution is 6.29. The maximum atomic E-state index is 13.8. The number of hydrogen-bond acceptors (Lipinski definition) is 16. The summed E-state index contributed by atoms with van der Waals surface area (Å²) in [7, 11) is 0. The molecule has 0 saturated heterocycles. The van der Waals surface area contributed by atoms with Crippen molar-refractivity contribution in [1.29, 1.82) is 0 Å². The Morgan fingerprint density at radius 1 is 0.460 bits per heavy atom. The lowest BCUT2D eigenvalue weighted by Crippen LogP contribution is -2.13. The zero-order chi connectivity index (χ0) is 37.0. The van der Waals surface area contributed by atoms with Crippen molar-refractivity contribution in [2.24, 2.45) is 11.8 Å². The van der Waals surface area contributed by atoms with Crippen LogP contribution in [-0.2, 0) is 0 Å². The van der Waals surface area contributed by atoms with Crippen molar-refractivity contribution in [1.82, 2.24) is 0 Å². The highest BCUT2D eigenvalue weighted by atomic mass is 16.4. The maximum Gasteiger partial charge on any atom is 0.345 e. The van der Waals surface area contributed by atoms with Gasteiger partial charge in [-0.2, -0.15) is 0 Å². The van der Waals surface area contributed by atoms with Gasteiger partial charge >= 0.3 is 11.3 Å². The normalized spacial score (nSPS) is 11.9. The molecule has 6 aromatic rings. The smallest absolute Gasteiger partial charge is 0.345 e. The van der Waals surface area contributed by atoms with E-state index in [1.807, 2.05) is 0 Å². The molecule has 10 N–H and O–H groups in total. The molecule has 50 heavy (non-hydrogen) atoms. The van der Waals surface area contributed by atoms with E-state index in [-0.39, 0.29) is 0 Å². The third-order valence-electron chi connectivity index (χ3n) is 8.44. The Morgan fingerprint density at radius 2 is 0.760 bits per heavy atom. The maximum absolute atomic E-state index is 13.8. The van der Waals surface area contributed by atoms with Gasteiger partial charge in [-0.25, -0.2) is 9.59 Å². The number of hydrogen-bond donors (Lipinski definition) is 10. The highest BCUT2D eigenvalue weighted by Gasteiger charge is 2.37. The Bertz CT molecular complexity index is 2440. The third kappa shape index (κ3) is 4.24. The fourth-order valence-corrected chi connectivity index (χ4v) is 6.07. The highest BCUT2D eigenvalue weighted by Crippen LogP contribution is 2.57. The minimum absolute atomic E-state index is 0.555. The van der Waals surface area contributed by atoms with Crippen LogP contribution in [0.3, 0.4) is 0 Å². The van der Waals surface area contributed by atoms with Gasteiger partial charge in [-0.3, -0.25) is 9.59 Å². The Balaban J connectivity index is 1.94. The number of carbonyl (C=O) groups excluding carboxylic acids is 2. The van der Waals surface area contributed by atoms with Gasteiger partial charge in [0.25, 0.3) is 0 Å². The molecular formula is C34H26O16. The molecule has 0 fully saturated rings. The molecule has 0 atom stereocenters. The first-order valence-corrected chi connectivity index (χ1v) is 14.7. The molecule has 2 heterocycles. The summed E-state index contributed by atoms with van der Waals surface area (Å²) in [5, 5.41) is 105. The largest absolute Gasteiger partial charge is 0.504 e. The minimum atomic E-state index is -1.49. The molecule has 0 unspecified atom stereocenters. The zero-order valence-electron chi connectivity index (χ0n) is 26.2. The molecule has 16 nitrogen and oxygen atoms in total. The topological polar surface area (TPSA) is 297 Å². The van der Waals surface area contributed by atoms with Crippen LogP contribution in [0.2, 0.25) is 0 Å². The van der Waals surface area contributed by atoms with Gasteiger partial charge in [-0.05, 0) is 12.1 Å². The first-order chi connectivity index (χ1) is 23.3. The average molecular weight is 691 g/mol. The van der Waals surface area contributed by atoms with E-state index >= 15 is 0 Å². The van der Waals surface area contributed by atoms with E-state index in [9.17, 15) is 70.2 Å². The van der Waals surface area contributed by atoms with E-state index < -0.39 is 158 Å². The summed E-state index contributed by atoms with van der Waals surface area (Å²) in [5.41, 5.74) is -9.20. The fraction of sp³-hybridized carbons (Fsp3) is 0.176. The molecule has 0 amide bonds. The van der Waals surface area contributed by atoms with Crippen LogP contribution in [0.5, 0.6) is 57.5 Å². The van der Waals surface area contributed by atoms with Gasteiger partial charge in [0, 0.05) is 56.0 Å². The predicted molar refractivity (Wildman–Crippen MR) is 173 cm³/mol. The van der Waals surface area contributed by atoms with Crippen LogP contribution in [-0.4, -0.2) is 62.6 Å². The number of aromatic hydroxyl groups is 10. The molecule has 4 aromatic carbocycles. The SMILES string of the molecule is CC(C)C(=O)c1cc(O)c(O)c(O)c1-c1c(O)c(O)c2oc(=O)c3c(-c4c(C(=O)C(C)C)cc(O)c(O)c4O)c(O)c(O)c4oc(=O)c1c2c43. The van der Waals surface area contributed by atoms with Gasteiger partial charge in [0.1, 0.15) is 0 Å². The summed E-state index contributed by atoms with van der Waals surface area (Å²) in [6.07, 6.45) is 0. The van der Waals surface area contributed by atoms with Crippen LogP contribution >= 0.6 is 0 Å². The molecule has 258 valence electrons. The number of Topliss-reactive ketones (excluding diaryl/α,β-unsaturated/α-hetero) is 2. The molecule has 16 heteroatoms. The van der Waals surface area contributed by atoms with E-state index in [0.29, 0.717) is 0 Å². The molecule has 6 rings (SSSR count). The second-order valence-electron chi connectivity index (χ2n) is 12.2. The molecular weight excluding hydrogens is 664 g/mol. The summed E-state index contributed by atoms with van der Waals surface area (Å²) < 4.78 is 10.6. The lowest BCUT2D eigenvalue weighted by molar-refractivity contribution is 0.0932. The summed E-state index contributed by atoms with van der Waals surface area (Å²) in [6.45, 7) is 5.73. The number of phenols is 10. The van der Waals surface area contributed by atoms with E-state index in [2.05, 4.69) is 0 Å². The number of benzene rings is 4. The minimum Gasteiger partial charge on any atom is -0.504 e. The van der Waals surface area contributed by atoms with Crippen LogP contribution in [0, 0.1) is 11.8 Å². The number of rotatable bonds is 6. The molecule has 0 bridgehead atoms. The van der Waals surface area contributed by atoms with Crippen molar-refractivity contribution in [3.8, 4) is 79.7 Å². The molecule has 0 aliphatic carbocycles. The predicted octanol–water partition coefficient (Wildman–Crippen LogP) is 4.56. The van der Waals surface area contributed by atoms with Crippen LogP contribution in [0.1, 0.15) is 48.4 Å². The molecule has 0 aliphatic rings. The monoisotopic (exact) mass is 690 g/mol. The summed E-state index contributed by atoms with van der Waals surface area (Å²) in [4.78, 5) is 54.1. The van der Waals surface area contributed by atoms with Crippen LogP contribution < -0.4 is 11.3 Å². The summed E-state index contributed by atoms with van der Waals surface area (Å²) in [5.74, 6) is -15.1. The first-order valence-electron chi connectivity index (χ1n) is 14.7. The van der Waals surface area contributed by atoms with Gasteiger partial charge in [-0.1, -0.05) is 27.7 Å². The van der Waals surface area contributed by atoms with Crippen molar-refractivity contribution < 1.29 is 69.5 Å². The van der Waals surface area contributed by atoms with E-state index in [4.69, 9.17) is 8.83 Å². The Kier molecular flexibility index (Phi) is 7.17. The second-order valence-corrected chi connectivity index (χ2v) is 12.2.